The molecule has 8 nitrogen and oxygen atoms in total. The summed E-state index contributed by atoms with van der Waals surface area (Å²) in [6, 6.07) is 1.20. The number of amides is 1. The van der Waals surface area contributed by atoms with Crippen LogP contribution < -0.4 is 5.32 Å². The lowest BCUT2D eigenvalue weighted by atomic mass is 10.1. The van der Waals surface area contributed by atoms with Crippen molar-refractivity contribution in [3.63, 3.8) is 0 Å². The van der Waals surface area contributed by atoms with Crippen LogP contribution in [0.25, 0.3) is 0 Å². The van der Waals surface area contributed by atoms with Crippen molar-refractivity contribution in [1.82, 2.24) is 10.5 Å². The van der Waals surface area contributed by atoms with Crippen LogP contribution >= 0.6 is 0 Å². The van der Waals surface area contributed by atoms with Gasteiger partial charge in [-0.3, -0.25) is 4.79 Å². The molecule has 0 bridgehead atoms. The Morgan fingerprint density at radius 2 is 2.30 bits per heavy atom. The van der Waals surface area contributed by atoms with E-state index in [-0.39, 0.29) is 12.4 Å². The van der Waals surface area contributed by atoms with Crippen LogP contribution in [0.3, 0.4) is 0 Å². The molecular formula is C15H22N2O6. The van der Waals surface area contributed by atoms with Gasteiger partial charge in [0.1, 0.15) is 6.61 Å². The van der Waals surface area contributed by atoms with Gasteiger partial charge in [-0.1, -0.05) is 19.0 Å². The van der Waals surface area contributed by atoms with Crippen LogP contribution in [0, 0.1) is 5.92 Å². The summed E-state index contributed by atoms with van der Waals surface area (Å²) < 4.78 is 15.7. The molecule has 0 saturated carbocycles. The molecule has 1 aliphatic rings. The van der Waals surface area contributed by atoms with Gasteiger partial charge in [-0.2, -0.15) is 0 Å². The van der Waals surface area contributed by atoms with E-state index in [9.17, 15) is 9.59 Å². The third kappa shape index (κ3) is 5.33. The van der Waals surface area contributed by atoms with Gasteiger partial charge in [0.15, 0.2) is 0 Å². The van der Waals surface area contributed by atoms with Crippen molar-refractivity contribution in [2.45, 2.75) is 38.8 Å². The zero-order valence-electron chi connectivity index (χ0n) is 13.3. The van der Waals surface area contributed by atoms with Crippen LogP contribution in [0.5, 0.6) is 0 Å². The molecule has 1 aliphatic heterocycles. The van der Waals surface area contributed by atoms with Crippen LogP contribution in [0.1, 0.15) is 36.5 Å². The SMILES string of the molecule is CC(C)Cc1cc(C(=O)N[C@@H]2COCC[C@@H]2OCC(=O)O)on1. The third-order valence-corrected chi connectivity index (χ3v) is 3.43. The Hall–Kier alpha value is -1.93. The number of carboxylic acid groups (broad SMARTS) is 1. The zero-order chi connectivity index (χ0) is 16.8. The fourth-order valence-electron chi connectivity index (χ4n) is 2.40. The highest BCUT2D eigenvalue weighted by Gasteiger charge is 2.29. The van der Waals surface area contributed by atoms with E-state index in [1.807, 2.05) is 0 Å². The van der Waals surface area contributed by atoms with Gasteiger partial charge in [-0.15, -0.1) is 0 Å². The van der Waals surface area contributed by atoms with Crippen LogP contribution in [-0.2, 0) is 20.7 Å². The van der Waals surface area contributed by atoms with Crippen LogP contribution in [0.15, 0.2) is 10.6 Å². The molecule has 1 fully saturated rings. The molecular weight excluding hydrogens is 304 g/mol. The van der Waals surface area contributed by atoms with E-state index in [0.29, 0.717) is 18.9 Å². The molecule has 0 aliphatic carbocycles. The highest BCUT2D eigenvalue weighted by atomic mass is 16.5. The first-order valence-electron chi connectivity index (χ1n) is 7.63. The summed E-state index contributed by atoms with van der Waals surface area (Å²) in [5.74, 6) is -0.915. The predicted octanol–water partition coefficient (Wildman–Crippen LogP) is 0.862. The summed E-state index contributed by atoms with van der Waals surface area (Å²) in [6.45, 7) is 4.44. The molecule has 128 valence electrons. The summed E-state index contributed by atoms with van der Waals surface area (Å²) in [5, 5.41) is 15.3. The Balaban J connectivity index is 1.93. The van der Waals surface area contributed by atoms with Gasteiger partial charge in [-0.25, -0.2) is 4.79 Å². The maximum Gasteiger partial charge on any atom is 0.329 e. The number of carbonyl (C=O) groups is 2. The number of aliphatic carboxylic acids is 1. The number of ether oxygens (including phenoxy) is 2. The average Bonchev–Trinajstić information content (AvgIpc) is 2.94. The number of hydrogen-bond acceptors (Lipinski definition) is 6. The summed E-state index contributed by atoms with van der Waals surface area (Å²) in [5.41, 5.74) is 0.726. The van der Waals surface area contributed by atoms with E-state index in [1.54, 1.807) is 6.07 Å². The van der Waals surface area contributed by atoms with E-state index in [0.717, 1.165) is 12.1 Å². The summed E-state index contributed by atoms with van der Waals surface area (Å²) in [7, 11) is 0. The van der Waals surface area contributed by atoms with Gasteiger partial charge in [0, 0.05) is 12.7 Å². The van der Waals surface area contributed by atoms with Gasteiger partial charge >= 0.3 is 5.97 Å². The topological polar surface area (TPSA) is 111 Å². The number of hydrogen-bond donors (Lipinski definition) is 2. The molecule has 8 heteroatoms. The summed E-state index contributed by atoms with van der Waals surface area (Å²) in [4.78, 5) is 22.8. The average molecular weight is 326 g/mol. The molecule has 1 aromatic rings. The van der Waals surface area contributed by atoms with E-state index in [1.165, 1.54) is 0 Å². The highest BCUT2D eigenvalue weighted by Crippen LogP contribution is 2.14. The molecule has 2 N–H and O–H groups in total. The first-order chi connectivity index (χ1) is 11.0. The Labute approximate surface area is 134 Å². The molecule has 2 atom stereocenters. The summed E-state index contributed by atoms with van der Waals surface area (Å²) in [6.07, 6.45) is 0.850. The van der Waals surface area contributed by atoms with Crippen LogP contribution in [0.4, 0.5) is 0 Å². The Kier molecular flexibility index (Phi) is 6.12. The van der Waals surface area contributed by atoms with Crippen molar-refractivity contribution >= 4 is 11.9 Å². The number of carboxylic acids is 1. The minimum absolute atomic E-state index is 0.128. The predicted molar refractivity (Wildman–Crippen MR) is 79.1 cm³/mol. The molecule has 0 spiro atoms. The lowest BCUT2D eigenvalue weighted by Gasteiger charge is -2.31. The molecule has 0 unspecified atom stereocenters. The molecule has 1 saturated heterocycles. The van der Waals surface area contributed by atoms with Crippen LogP contribution in [-0.4, -0.2) is 54.1 Å². The first-order valence-corrected chi connectivity index (χ1v) is 7.63. The second kappa shape index (κ2) is 8.07. The van der Waals surface area contributed by atoms with E-state index in [2.05, 4.69) is 24.3 Å². The Morgan fingerprint density at radius 1 is 1.52 bits per heavy atom. The molecule has 0 aromatic carbocycles. The second-order valence-electron chi connectivity index (χ2n) is 5.97. The van der Waals surface area contributed by atoms with Gasteiger partial charge in [0.25, 0.3) is 5.91 Å². The number of nitrogens with one attached hydrogen (secondary N) is 1. The van der Waals surface area contributed by atoms with Crippen LogP contribution in [0.2, 0.25) is 0 Å². The number of aromatic nitrogens is 1. The molecule has 0 radical (unpaired) electrons. The third-order valence-electron chi connectivity index (χ3n) is 3.43. The normalized spacial score (nSPS) is 21.3. The Bertz CT molecular complexity index is 542. The minimum Gasteiger partial charge on any atom is -0.480 e. The quantitative estimate of drug-likeness (QED) is 0.764. The van der Waals surface area contributed by atoms with Gasteiger partial charge < -0.3 is 24.4 Å². The molecule has 1 aromatic heterocycles. The second-order valence-corrected chi connectivity index (χ2v) is 5.97. The smallest absolute Gasteiger partial charge is 0.329 e. The van der Waals surface area contributed by atoms with Crippen molar-refractivity contribution in [2.75, 3.05) is 19.8 Å². The molecule has 1 amide bonds. The van der Waals surface area contributed by atoms with Crippen molar-refractivity contribution < 1.29 is 28.7 Å². The minimum atomic E-state index is -1.05. The lowest BCUT2D eigenvalue weighted by Crippen LogP contribution is -2.50. The molecule has 23 heavy (non-hydrogen) atoms. The maximum absolute atomic E-state index is 12.2. The van der Waals surface area contributed by atoms with E-state index >= 15 is 0 Å². The molecule has 2 heterocycles. The van der Waals surface area contributed by atoms with E-state index < -0.39 is 30.6 Å². The number of nitrogens with zero attached hydrogens (tertiary/aromatic N) is 1. The van der Waals surface area contributed by atoms with Crippen molar-refractivity contribution in [1.29, 1.82) is 0 Å². The first kappa shape index (κ1) is 17.4. The largest absolute Gasteiger partial charge is 0.480 e. The monoisotopic (exact) mass is 326 g/mol. The molecule has 2 rings (SSSR count). The fraction of sp³-hybridized carbons (Fsp3) is 0.667. The lowest BCUT2D eigenvalue weighted by molar-refractivity contribution is -0.147. The standard InChI is InChI=1S/C15H22N2O6/c1-9(2)5-10-6-13(23-17-10)15(20)16-11-7-21-4-3-12(11)22-8-14(18)19/h6,9,11-12H,3-5,7-8H2,1-2H3,(H,16,20)(H,18,19)/t11-,12+/m1/s1. The highest BCUT2D eigenvalue weighted by molar-refractivity contribution is 5.91. The van der Waals surface area contributed by atoms with E-state index in [4.69, 9.17) is 19.1 Å². The van der Waals surface area contributed by atoms with Crippen molar-refractivity contribution in [2.24, 2.45) is 5.92 Å². The summed E-state index contributed by atoms with van der Waals surface area (Å²) >= 11 is 0. The van der Waals surface area contributed by atoms with Gasteiger partial charge in [-0.05, 0) is 18.8 Å². The van der Waals surface area contributed by atoms with Crippen molar-refractivity contribution in [3.8, 4) is 0 Å². The van der Waals surface area contributed by atoms with Gasteiger partial charge in [0.05, 0.1) is 24.4 Å². The number of rotatable bonds is 7. The zero-order valence-corrected chi connectivity index (χ0v) is 13.3. The fourth-order valence-corrected chi connectivity index (χ4v) is 2.40. The van der Waals surface area contributed by atoms with Gasteiger partial charge in [0.2, 0.25) is 5.76 Å². The van der Waals surface area contributed by atoms with Crippen molar-refractivity contribution in [3.05, 3.63) is 17.5 Å². The Morgan fingerprint density at radius 3 is 3.00 bits per heavy atom. The number of carbonyl (C=O) groups excluding carboxylic acids is 1. The maximum atomic E-state index is 12.2.